The van der Waals surface area contributed by atoms with Gasteiger partial charge in [-0.2, -0.15) is 0 Å². The van der Waals surface area contributed by atoms with Crippen molar-refractivity contribution in [1.29, 1.82) is 0 Å². The summed E-state index contributed by atoms with van der Waals surface area (Å²) in [6.07, 6.45) is 0. The van der Waals surface area contributed by atoms with Crippen molar-refractivity contribution < 1.29 is 0 Å². The Balaban J connectivity index is 2.32. The molecule has 0 saturated heterocycles. The SMILES string of the molecule is Cc1sc(C(Br)c2ccccc2)cc1Br. The third kappa shape index (κ3) is 2.52. The van der Waals surface area contributed by atoms with E-state index >= 15 is 0 Å². The van der Waals surface area contributed by atoms with Gasteiger partial charge in [0.1, 0.15) is 0 Å². The number of alkyl halides is 1. The van der Waals surface area contributed by atoms with Gasteiger partial charge in [-0.25, -0.2) is 0 Å². The standard InChI is InChI=1S/C12H10Br2S/c1-8-10(13)7-11(15-8)12(14)9-5-3-2-4-6-9/h2-7,12H,1H3. The molecule has 3 heteroatoms. The molecule has 0 aliphatic carbocycles. The maximum atomic E-state index is 3.73. The van der Waals surface area contributed by atoms with Crippen molar-refractivity contribution in [2.45, 2.75) is 11.8 Å². The molecule has 2 rings (SSSR count). The molecule has 1 atom stereocenters. The van der Waals surface area contributed by atoms with Gasteiger partial charge in [0.15, 0.2) is 0 Å². The molecule has 0 saturated carbocycles. The lowest BCUT2D eigenvalue weighted by molar-refractivity contribution is 1.22. The third-order valence-corrected chi connectivity index (χ3v) is 5.74. The second-order valence-corrected chi connectivity index (χ2v) is 6.38. The van der Waals surface area contributed by atoms with Crippen LogP contribution in [-0.4, -0.2) is 0 Å². The second-order valence-electron chi connectivity index (χ2n) is 3.33. The summed E-state index contributed by atoms with van der Waals surface area (Å²) in [5.74, 6) is 0. The van der Waals surface area contributed by atoms with Crippen molar-refractivity contribution in [2.24, 2.45) is 0 Å². The molecule has 0 nitrogen and oxygen atoms in total. The lowest BCUT2D eigenvalue weighted by Crippen LogP contribution is -1.87. The first-order valence-electron chi connectivity index (χ1n) is 4.63. The summed E-state index contributed by atoms with van der Waals surface area (Å²) in [6.45, 7) is 2.13. The molecule has 1 aromatic heterocycles. The Bertz CT molecular complexity index is 428. The average molecular weight is 346 g/mol. The van der Waals surface area contributed by atoms with Gasteiger partial charge in [0.2, 0.25) is 0 Å². The number of aryl methyl sites for hydroxylation is 1. The van der Waals surface area contributed by atoms with Crippen molar-refractivity contribution in [3.05, 3.63) is 56.2 Å². The molecular weight excluding hydrogens is 336 g/mol. The molecule has 15 heavy (non-hydrogen) atoms. The Morgan fingerprint density at radius 2 is 1.87 bits per heavy atom. The molecule has 0 radical (unpaired) electrons. The lowest BCUT2D eigenvalue weighted by Gasteiger charge is -2.06. The maximum absolute atomic E-state index is 3.73. The summed E-state index contributed by atoms with van der Waals surface area (Å²) in [6, 6.07) is 12.6. The fraction of sp³-hybridized carbons (Fsp3) is 0.167. The monoisotopic (exact) mass is 344 g/mol. The van der Waals surface area contributed by atoms with Gasteiger partial charge in [-0.3, -0.25) is 0 Å². The summed E-state index contributed by atoms with van der Waals surface area (Å²) >= 11 is 9.10. The highest BCUT2D eigenvalue weighted by Gasteiger charge is 2.13. The summed E-state index contributed by atoms with van der Waals surface area (Å²) in [5, 5.41) is 0. The number of thiophene rings is 1. The van der Waals surface area contributed by atoms with Gasteiger partial charge in [0, 0.05) is 14.2 Å². The van der Waals surface area contributed by atoms with Gasteiger partial charge in [-0.05, 0) is 34.5 Å². The van der Waals surface area contributed by atoms with Crippen molar-refractivity contribution in [3.63, 3.8) is 0 Å². The molecule has 78 valence electrons. The predicted octanol–water partition coefficient (Wildman–Crippen LogP) is 5.30. The van der Waals surface area contributed by atoms with E-state index in [2.05, 4.69) is 69.1 Å². The van der Waals surface area contributed by atoms with Gasteiger partial charge >= 0.3 is 0 Å². The van der Waals surface area contributed by atoms with Crippen LogP contribution in [0.15, 0.2) is 40.9 Å². The fourth-order valence-electron chi connectivity index (χ4n) is 1.39. The van der Waals surface area contributed by atoms with Crippen LogP contribution in [-0.2, 0) is 0 Å². The zero-order valence-corrected chi connectivity index (χ0v) is 12.2. The van der Waals surface area contributed by atoms with E-state index in [-0.39, 0.29) is 0 Å². The largest absolute Gasteiger partial charge is 0.143 e. The molecule has 0 spiro atoms. The highest BCUT2D eigenvalue weighted by Crippen LogP contribution is 2.38. The molecule has 0 aliphatic heterocycles. The van der Waals surface area contributed by atoms with Crippen molar-refractivity contribution >= 4 is 43.2 Å². The molecule has 0 bridgehead atoms. The molecule has 1 unspecified atom stereocenters. The smallest absolute Gasteiger partial charge is 0.0738 e. The van der Waals surface area contributed by atoms with Crippen molar-refractivity contribution in [3.8, 4) is 0 Å². The number of halogens is 2. The van der Waals surface area contributed by atoms with E-state index in [0.29, 0.717) is 4.83 Å². The van der Waals surface area contributed by atoms with E-state index < -0.39 is 0 Å². The lowest BCUT2D eigenvalue weighted by atomic mass is 10.1. The van der Waals surface area contributed by atoms with Crippen LogP contribution < -0.4 is 0 Å². The molecule has 1 aromatic carbocycles. The topological polar surface area (TPSA) is 0 Å². The first kappa shape index (κ1) is 11.4. The van der Waals surface area contributed by atoms with Crippen LogP contribution in [0.4, 0.5) is 0 Å². The number of hydrogen-bond donors (Lipinski definition) is 0. The van der Waals surface area contributed by atoms with E-state index in [9.17, 15) is 0 Å². The molecule has 0 N–H and O–H groups in total. The third-order valence-electron chi connectivity index (χ3n) is 2.22. The fourth-order valence-corrected chi connectivity index (χ4v) is 3.68. The van der Waals surface area contributed by atoms with Gasteiger partial charge in [0.25, 0.3) is 0 Å². The highest BCUT2D eigenvalue weighted by molar-refractivity contribution is 9.10. The van der Waals surface area contributed by atoms with E-state index in [0.717, 1.165) is 0 Å². The van der Waals surface area contributed by atoms with Crippen molar-refractivity contribution in [1.82, 2.24) is 0 Å². The van der Waals surface area contributed by atoms with Crippen LogP contribution in [0.3, 0.4) is 0 Å². The predicted molar refractivity (Wildman–Crippen MR) is 74.0 cm³/mol. The summed E-state index contributed by atoms with van der Waals surface area (Å²) in [7, 11) is 0. The molecule has 2 aromatic rings. The van der Waals surface area contributed by atoms with E-state index in [1.807, 2.05) is 17.4 Å². The zero-order chi connectivity index (χ0) is 10.8. The van der Waals surface area contributed by atoms with Gasteiger partial charge in [-0.1, -0.05) is 46.3 Å². The van der Waals surface area contributed by atoms with Gasteiger partial charge < -0.3 is 0 Å². The Kier molecular flexibility index (Phi) is 3.65. The highest BCUT2D eigenvalue weighted by atomic mass is 79.9. The van der Waals surface area contributed by atoms with E-state index in [4.69, 9.17) is 0 Å². The Labute approximate surface area is 111 Å². The van der Waals surface area contributed by atoms with E-state index in [1.54, 1.807) is 0 Å². The zero-order valence-electron chi connectivity index (χ0n) is 8.21. The average Bonchev–Trinajstić information content (AvgIpc) is 2.59. The molecule has 1 heterocycles. The van der Waals surface area contributed by atoms with Gasteiger partial charge in [0.05, 0.1) is 4.83 Å². The second kappa shape index (κ2) is 4.81. The molecular formula is C12H10Br2S. The van der Waals surface area contributed by atoms with Crippen molar-refractivity contribution in [2.75, 3.05) is 0 Å². The first-order chi connectivity index (χ1) is 7.18. The number of hydrogen-bond acceptors (Lipinski definition) is 1. The van der Waals surface area contributed by atoms with E-state index in [1.165, 1.54) is 19.8 Å². The Hall–Kier alpha value is -0.120. The molecule has 0 fully saturated rings. The first-order valence-corrected chi connectivity index (χ1v) is 7.16. The normalized spacial score (nSPS) is 12.7. The van der Waals surface area contributed by atoms with Crippen LogP contribution in [0, 0.1) is 6.92 Å². The molecule has 0 aliphatic rings. The van der Waals surface area contributed by atoms with Crippen LogP contribution >= 0.6 is 43.2 Å². The van der Waals surface area contributed by atoms with Crippen LogP contribution in [0.2, 0.25) is 0 Å². The minimum absolute atomic E-state index is 0.300. The maximum Gasteiger partial charge on any atom is 0.0738 e. The van der Waals surface area contributed by atoms with Gasteiger partial charge in [-0.15, -0.1) is 11.3 Å². The Morgan fingerprint density at radius 3 is 2.40 bits per heavy atom. The van der Waals surface area contributed by atoms with Crippen LogP contribution in [0.25, 0.3) is 0 Å². The minimum atomic E-state index is 0.300. The quantitative estimate of drug-likeness (QED) is 0.647. The van der Waals surface area contributed by atoms with Crippen LogP contribution in [0.1, 0.15) is 20.1 Å². The number of rotatable bonds is 2. The molecule has 0 amide bonds. The minimum Gasteiger partial charge on any atom is -0.143 e. The summed E-state index contributed by atoms with van der Waals surface area (Å²) < 4.78 is 1.20. The van der Waals surface area contributed by atoms with Crippen LogP contribution in [0.5, 0.6) is 0 Å². The number of benzene rings is 1. The summed E-state index contributed by atoms with van der Waals surface area (Å²) in [5.41, 5.74) is 1.30. The Morgan fingerprint density at radius 1 is 1.20 bits per heavy atom. The summed E-state index contributed by atoms with van der Waals surface area (Å²) in [4.78, 5) is 2.96.